The molecule has 1 aromatic rings. The second-order valence-corrected chi connectivity index (χ2v) is 14.2. The van der Waals surface area contributed by atoms with E-state index in [0.717, 1.165) is 11.1 Å². The van der Waals surface area contributed by atoms with Crippen LogP contribution in [0.1, 0.15) is 58.6 Å². The molecule has 1 aliphatic heterocycles. The number of halogens is 3. The van der Waals surface area contributed by atoms with Crippen LogP contribution in [0.15, 0.2) is 36.9 Å². The van der Waals surface area contributed by atoms with E-state index in [2.05, 4.69) is 27.8 Å². The van der Waals surface area contributed by atoms with E-state index in [0.29, 0.717) is 12.8 Å². The van der Waals surface area contributed by atoms with Crippen LogP contribution < -0.4 is 21.3 Å². The number of hydrogen-bond donors (Lipinski definition) is 4. The summed E-state index contributed by atoms with van der Waals surface area (Å²) in [6.45, 7) is 12.9. The molecule has 5 amide bonds. The molecule has 46 heavy (non-hydrogen) atoms. The Bertz CT molecular complexity index is 1360. The van der Waals surface area contributed by atoms with Crippen LogP contribution in [-0.4, -0.2) is 77.4 Å². The predicted molar refractivity (Wildman–Crippen MR) is 164 cm³/mol. The number of urea groups is 1. The van der Waals surface area contributed by atoms with Gasteiger partial charge in [-0.3, -0.25) is 19.2 Å². The first-order valence-corrected chi connectivity index (χ1v) is 15.6. The van der Waals surface area contributed by atoms with Crippen molar-refractivity contribution in [2.75, 3.05) is 13.1 Å². The highest BCUT2D eigenvalue weighted by Crippen LogP contribution is 2.65. The molecule has 1 unspecified atom stereocenters. The molecule has 1 aromatic carbocycles. The maximum atomic E-state index is 14.4. The van der Waals surface area contributed by atoms with Gasteiger partial charge in [0, 0.05) is 25.0 Å². The third kappa shape index (κ3) is 7.90. The summed E-state index contributed by atoms with van der Waals surface area (Å²) in [6, 6.07) is 3.34. The van der Waals surface area contributed by atoms with Gasteiger partial charge in [0.25, 0.3) is 5.91 Å². The van der Waals surface area contributed by atoms with Crippen molar-refractivity contribution in [3.8, 4) is 0 Å². The van der Waals surface area contributed by atoms with Gasteiger partial charge < -0.3 is 26.2 Å². The number of rotatable bonds is 11. The van der Waals surface area contributed by atoms with Crippen LogP contribution in [0.3, 0.4) is 0 Å². The first-order valence-electron chi connectivity index (χ1n) is 15.6. The Morgan fingerprint density at radius 2 is 1.65 bits per heavy atom. The van der Waals surface area contributed by atoms with Gasteiger partial charge in [-0.15, -0.1) is 6.58 Å². The Morgan fingerprint density at radius 1 is 1.04 bits per heavy atom. The average molecular weight is 648 g/mol. The van der Waals surface area contributed by atoms with Gasteiger partial charge in [-0.25, -0.2) is 4.79 Å². The molecule has 13 heteroatoms. The number of Topliss-reactive ketones (excluding diaryl/α,β-unsaturated/α-hetero) is 1. The van der Waals surface area contributed by atoms with Crippen LogP contribution in [0, 0.1) is 23.2 Å². The predicted octanol–water partition coefficient (Wildman–Crippen LogP) is 3.05. The molecule has 1 saturated carbocycles. The van der Waals surface area contributed by atoms with Gasteiger partial charge in [0.05, 0.1) is 6.04 Å². The highest BCUT2D eigenvalue weighted by Gasteiger charge is 2.69. The fourth-order valence-corrected chi connectivity index (χ4v) is 6.96. The summed E-state index contributed by atoms with van der Waals surface area (Å²) in [7, 11) is 0. The maximum Gasteiger partial charge on any atom is 0.389 e. The van der Waals surface area contributed by atoms with E-state index in [9.17, 15) is 37.1 Å². The van der Waals surface area contributed by atoms with Crippen molar-refractivity contribution < 1.29 is 37.1 Å². The van der Waals surface area contributed by atoms with Crippen LogP contribution >= 0.6 is 0 Å². The smallest absolute Gasteiger partial charge is 0.346 e. The molecule has 2 aliphatic carbocycles. The number of amides is 5. The van der Waals surface area contributed by atoms with Gasteiger partial charge in [0.1, 0.15) is 12.1 Å². The second-order valence-electron chi connectivity index (χ2n) is 14.2. The van der Waals surface area contributed by atoms with Gasteiger partial charge in [0.2, 0.25) is 17.6 Å². The summed E-state index contributed by atoms with van der Waals surface area (Å²) in [5.41, 5.74) is 1.18. The molecule has 0 radical (unpaired) electrons. The van der Waals surface area contributed by atoms with Gasteiger partial charge in [-0.05, 0) is 74.3 Å². The van der Waals surface area contributed by atoms with E-state index in [1.54, 1.807) is 20.8 Å². The molecule has 252 valence electrons. The zero-order chi connectivity index (χ0) is 34.2. The molecular weight excluding hydrogens is 603 g/mol. The summed E-state index contributed by atoms with van der Waals surface area (Å²) in [4.78, 5) is 68.1. The molecule has 0 aromatic heterocycles. The molecule has 0 bridgehead atoms. The van der Waals surface area contributed by atoms with Crippen molar-refractivity contribution in [1.82, 2.24) is 26.2 Å². The van der Waals surface area contributed by atoms with Gasteiger partial charge in [-0.2, -0.15) is 13.2 Å². The summed E-state index contributed by atoms with van der Waals surface area (Å²) >= 11 is 0. The SMILES string of the molecule is C=CCNC(=O)C(=O)C(CCC(F)(F)F)NC(=O)[C@@H]1[C@@H]2[C@H](CN1C(=O)[C@@H](NC(=O)NC(C)(C)C)C1Cc3ccccc3C1)C2(C)C. The third-order valence-corrected chi connectivity index (χ3v) is 9.34. The van der Waals surface area contributed by atoms with Crippen molar-refractivity contribution >= 4 is 29.5 Å². The Labute approximate surface area is 267 Å². The normalized spacial score (nSPS) is 23.0. The zero-order valence-corrected chi connectivity index (χ0v) is 26.9. The Balaban J connectivity index is 1.60. The van der Waals surface area contributed by atoms with E-state index >= 15 is 0 Å². The topological polar surface area (TPSA) is 137 Å². The van der Waals surface area contributed by atoms with Gasteiger partial charge in [-0.1, -0.05) is 44.2 Å². The Morgan fingerprint density at radius 3 is 2.20 bits per heavy atom. The summed E-state index contributed by atoms with van der Waals surface area (Å²) in [6.07, 6.45) is -4.52. The lowest BCUT2D eigenvalue weighted by molar-refractivity contribution is -0.147. The number of piperidine rings is 1. The van der Waals surface area contributed by atoms with E-state index in [-0.39, 0.29) is 36.3 Å². The van der Waals surface area contributed by atoms with Crippen LogP contribution in [0.2, 0.25) is 0 Å². The molecule has 4 N–H and O–H groups in total. The fraction of sp³-hybridized carbons (Fsp3) is 0.606. The standard InChI is InChI=1S/C33H44F3N5O5/c1-7-14-37-28(44)26(42)22(12-13-33(34,35)36)38-27(43)25-23-21(32(23,5)6)17-41(25)29(45)24(39-30(46)40-31(2,3)4)20-15-18-10-8-9-11-19(18)16-20/h7-11,20-25H,1,12-17H2,2-6H3,(H,37,44)(H,38,43)(H2,39,40,46)/t21-,22?,23-,24-,25-/m0/s1. The highest BCUT2D eigenvalue weighted by atomic mass is 19.4. The molecule has 1 heterocycles. The lowest BCUT2D eigenvalue weighted by atomic mass is 9.93. The molecule has 2 fully saturated rings. The minimum Gasteiger partial charge on any atom is -0.346 e. The number of nitrogens with one attached hydrogen (secondary N) is 4. The van der Waals surface area contributed by atoms with E-state index in [1.807, 2.05) is 38.1 Å². The monoisotopic (exact) mass is 647 g/mol. The lowest BCUT2D eigenvalue weighted by Crippen LogP contribution is -2.61. The number of fused-ring (bicyclic) bond motifs is 2. The number of hydrogen-bond acceptors (Lipinski definition) is 5. The van der Waals surface area contributed by atoms with Crippen molar-refractivity contribution in [3.05, 3.63) is 48.0 Å². The Kier molecular flexibility index (Phi) is 9.94. The van der Waals surface area contributed by atoms with Crippen molar-refractivity contribution in [2.45, 2.75) is 90.1 Å². The van der Waals surface area contributed by atoms with E-state index < -0.39 is 72.2 Å². The van der Waals surface area contributed by atoms with Crippen LogP contribution in [0.25, 0.3) is 0 Å². The minimum atomic E-state index is -4.63. The third-order valence-electron chi connectivity index (χ3n) is 9.34. The summed E-state index contributed by atoms with van der Waals surface area (Å²) < 4.78 is 39.5. The number of ketones is 1. The van der Waals surface area contributed by atoms with Crippen LogP contribution in [0.4, 0.5) is 18.0 Å². The highest BCUT2D eigenvalue weighted by molar-refractivity contribution is 6.38. The van der Waals surface area contributed by atoms with Gasteiger partial charge >= 0.3 is 12.2 Å². The number of nitrogens with zero attached hydrogens (tertiary/aromatic N) is 1. The minimum absolute atomic E-state index is 0.0720. The van der Waals surface area contributed by atoms with Crippen molar-refractivity contribution in [2.24, 2.45) is 23.2 Å². The molecular formula is C33H44F3N5O5. The first-order chi connectivity index (χ1) is 21.3. The zero-order valence-electron chi connectivity index (χ0n) is 26.9. The summed E-state index contributed by atoms with van der Waals surface area (Å²) in [5.74, 6) is -4.36. The largest absolute Gasteiger partial charge is 0.389 e. The van der Waals surface area contributed by atoms with Gasteiger partial charge in [0.15, 0.2) is 0 Å². The lowest BCUT2D eigenvalue weighted by Gasteiger charge is -2.36. The molecule has 4 rings (SSSR count). The fourth-order valence-electron chi connectivity index (χ4n) is 6.96. The second kappa shape index (κ2) is 13.1. The van der Waals surface area contributed by atoms with Crippen LogP contribution in [0.5, 0.6) is 0 Å². The van der Waals surface area contributed by atoms with E-state index in [1.165, 1.54) is 11.0 Å². The van der Waals surface area contributed by atoms with E-state index in [4.69, 9.17) is 0 Å². The Hall–Kier alpha value is -3.90. The maximum absolute atomic E-state index is 14.4. The molecule has 0 spiro atoms. The molecule has 3 aliphatic rings. The number of carbonyl (C=O) groups excluding carboxylic acids is 5. The quantitative estimate of drug-likeness (QED) is 0.216. The summed E-state index contributed by atoms with van der Waals surface area (Å²) in [5, 5.41) is 10.3. The molecule has 5 atom stereocenters. The average Bonchev–Trinajstić information content (AvgIpc) is 3.32. The number of carbonyl (C=O) groups is 5. The number of benzene rings is 1. The van der Waals surface area contributed by atoms with Crippen molar-refractivity contribution in [3.63, 3.8) is 0 Å². The number of likely N-dealkylation sites (tertiary alicyclic amines) is 1. The molecule has 10 nitrogen and oxygen atoms in total. The molecule has 1 saturated heterocycles. The van der Waals surface area contributed by atoms with Crippen LogP contribution in [-0.2, 0) is 32.0 Å². The first kappa shape index (κ1) is 35.0. The number of alkyl halides is 3. The van der Waals surface area contributed by atoms with Crippen molar-refractivity contribution in [1.29, 1.82) is 0 Å².